The molecular formula is C20H17ClFN5O3S. The van der Waals surface area contributed by atoms with Crippen LogP contribution in [0, 0.1) is 12.7 Å². The average Bonchev–Trinajstić information content (AvgIpc) is 3.17. The molecule has 0 bridgehead atoms. The monoisotopic (exact) mass is 461 g/mol. The van der Waals surface area contributed by atoms with E-state index >= 15 is 0 Å². The van der Waals surface area contributed by atoms with Gasteiger partial charge in [0, 0.05) is 23.2 Å². The molecule has 0 atom stereocenters. The van der Waals surface area contributed by atoms with Crippen LogP contribution in [0.5, 0.6) is 5.88 Å². The summed E-state index contributed by atoms with van der Waals surface area (Å²) in [5.74, 6) is 0.330. The molecule has 11 heteroatoms. The Bertz CT molecular complexity index is 1340. The Labute approximate surface area is 182 Å². The molecule has 0 radical (unpaired) electrons. The number of benzene rings is 2. The van der Waals surface area contributed by atoms with E-state index in [1.54, 1.807) is 43.3 Å². The van der Waals surface area contributed by atoms with E-state index in [0.717, 1.165) is 0 Å². The van der Waals surface area contributed by atoms with Gasteiger partial charge in [0.15, 0.2) is 11.5 Å². The summed E-state index contributed by atoms with van der Waals surface area (Å²) < 4.78 is 47.7. The fourth-order valence-corrected chi connectivity index (χ4v) is 4.43. The number of halogens is 2. The third-order valence-corrected chi connectivity index (χ3v) is 6.51. The van der Waals surface area contributed by atoms with Crippen LogP contribution in [0.3, 0.4) is 0 Å². The van der Waals surface area contributed by atoms with Gasteiger partial charge in [-0.25, -0.2) is 17.5 Å². The molecular weight excluding hydrogens is 445 g/mol. The molecule has 0 aliphatic rings. The van der Waals surface area contributed by atoms with Crippen molar-refractivity contribution in [3.63, 3.8) is 0 Å². The van der Waals surface area contributed by atoms with Crippen molar-refractivity contribution in [3.8, 4) is 17.3 Å². The van der Waals surface area contributed by atoms with E-state index in [9.17, 15) is 12.8 Å². The van der Waals surface area contributed by atoms with Crippen molar-refractivity contribution in [1.82, 2.24) is 24.5 Å². The van der Waals surface area contributed by atoms with Gasteiger partial charge in [0.1, 0.15) is 12.4 Å². The molecule has 0 aliphatic carbocycles. The summed E-state index contributed by atoms with van der Waals surface area (Å²) in [5.41, 5.74) is 1.61. The minimum atomic E-state index is -3.73. The number of nitrogens with one attached hydrogen (secondary N) is 1. The van der Waals surface area contributed by atoms with Gasteiger partial charge in [0.05, 0.1) is 4.90 Å². The van der Waals surface area contributed by atoms with E-state index < -0.39 is 10.0 Å². The molecule has 8 nitrogen and oxygen atoms in total. The minimum Gasteiger partial charge on any atom is -0.475 e. The molecule has 2 heterocycles. The van der Waals surface area contributed by atoms with Gasteiger partial charge in [-0.05, 0) is 55.0 Å². The van der Waals surface area contributed by atoms with Gasteiger partial charge in [-0.3, -0.25) is 0 Å². The van der Waals surface area contributed by atoms with Crippen LogP contribution in [0.25, 0.3) is 17.0 Å². The highest BCUT2D eigenvalue weighted by Gasteiger charge is 2.17. The number of sulfonamides is 1. The van der Waals surface area contributed by atoms with E-state index in [4.69, 9.17) is 16.3 Å². The first-order chi connectivity index (χ1) is 14.8. The van der Waals surface area contributed by atoms with Crippen molar-refractivity contribution in [1.29, 1.82) is 0 Å². The van der Waals surface area contributed by atoms with E-state index in [1.165, 1.54) is 22.7 Å². The standard InChI is InChI=1S/C20H17ClFN5O3S/c1-13-16(21)3-2-4-17(13)31(28,29)23-11-12-30-19-10-9-18-24-25-20(27(18)26-19)14-5-7-15(22)8-6-14/h2-10,23H,11-12H2,1H3. The third-order valence-electron chi connectivity index (χ3n) is 4.49. The van der Waals surface area contributed by atoms with Gasteiger partial charge in [0.2, 0.25) is 15.9 Å². The number of hydrogen-bond donors (Lipinski definition) is 1. The first-order valence-corrected chi connectivity index (χ1v) is 11.1. The number of ether oxygens (including phenoxy) is 1. The molecule has 0 amide bonds. The second-order valence-electron chi connectivity index (χ2n) is 6.58. The lowest BCUT2D eigenvalue weighted by atomic mass is 10.2. The summed E-state index contributed by atoms with van der Waals surface area (Å²) in [4.78, 5) is 0.118. The summed E-state index contributed by atoms with van der Waals surface area (Å²) >= 11 is 6.01. The largest absolute Gasteiger partial charge is 0.475 e. The number of rotatable bonds is 7. The first-order valence-electron chi connectivity index (χ1n) is 9.21. The van der Waals surface area contributed by atoms with Crippen molar-refractivity contribution in [3.05, 3.63) is 71.0 Å². The predicted octanol–water partition coefficient (Wildman–Crippen LogP) is 3.25. The van der Waals surface area contributed by atoms with Crippen LogP contribution in [0.2, 0.25) is 5.02 Å². The minimum absolute atomic E-state index is 0.0288. The molecule has 0 saturated carbocycles. The molecule has 4 aromatic rings. The van der Waals surface area contributed by atoms with Gasteiger partial charge >= 0.3 is 0 Å². The first kappa shape index (κ1) is 21.2. The maximum Gasteiger partial charge on any atom is 0.240 e. The Morgan fingerprint density at radius 1 is 1.10 bits per heavy atom. The highest BCUT2D eigenvalue weighted by molar-refractivity contribution is 7.89. The summed E-state index contributed by atoms with van der Waals surface area (Å²) in [5, 5.41) is 12.8. The van der Waals surface area contributed by atoms with Crippen LogP contribution in [0.15, 0.2) is 59.5 Å². The molecule has 0 aliphatic heterocycles. The second kappa shape index (κ2) is 8.58. The Morgan fingerprint density at radius 2 is 1.87 bits per heavy atom. The second-order valence-corrected chi connectivity index (χ2v) is 8.72. The number of nitrogens with zero attached hydrogens (tertiary/aromatic N) is 4. The molecule has 160 valence electrons. The van der Waals surface area contributed by atoms with Gasteiger partial charge in [-0.2, -0.15) is 4.52 Å². The lowest BCUT2D eigenvalue weighted by Gasteiger charge is -2.11. The van der Waals surface area contributed by atoms with Crippen molar-refractivity contribution in [2.75, 3.05) is 13.2 Å². The van der Waals surface area contributed by atoms with Crippen LogP contribution in [0.1, 0.15) is 5.56 Å². The Morgan fingerprint density at radius 3 is 2.65 bits per heavy atom. The predicted molar refractivity (Wildman–Crippen MR) is 113 cm³/mol. The lowest BCUT2D eigenvalue weighted by Crippen LogP contribution is -2.29. The third kappa shape index (κ3) is 4.50. The quantitative estimate of drug-likeness (QED) is 0.424. The van der Waals surface area contributed by atoms with E-state index in [0.29, 0.717) is 27.6 Å². The molecule has 0 saturated heterocycles. The van der Waals surface area contributed by atoms with Crippen LogP contribution in [0.4, 0.5) is 4.39 Å². The van der Waals surface area contributed by atoms with Gasteiger partial charge in [-0.15, -0.1) is 15.3 Å². The molecule has 2 aromatic carbocycles. The van der Waals surface area contributed by atoms with Crippen LogP contribution < -0.4 is 9.46 Å². The summed E-state index contributed by atoms with van der Waals surface area (Å²) in [6.45, 7) is 1.72. The van der Waals surface area contributed by atoms with E-state index in [2.05, 4.69) is 20.0 Å². The van der Waals surface area contributed by atoms with Crippen LogP contribution >= 0.6 is 11.6 Å². The number of aromatic nitrogens is 4. The fourth-order valence-electron chi connectivity index (χ4n) is 2.92. The van der Waals surface area contributed by atoms with Gasteiger partial charge < -0.3 is 4.74 Å². The van der Waals surface area contributed by atoms with Crippen molar-refractivity contribution in [2.45, 2.75) is 11.8 Å². The van der Waals surface area contributed by atoms with E-state index in [1.807, 2.05) is 0 Å². The highest BCUT2D eigenvalue weighted by atomic mass is 35.5. The van der Waals surface area contributed by atoms with Crippen LogP contribution in [-0.2, 0) is 10.0 Å². The molecule has 0 unspecified atom stereocenters. The number of fused-ring (bicyclic) bond motifs is 1. The average molecular weight is 462 g/mol. The molecule has 2 aromatic heterocycles. The van der Waals surface area contributed by atoms with Gasteiger partial charge in [-0.1, -0.05) is 17.7 Å². The normalized spacial score (nSPS) is 11.7. The summed E-state index contributed by atoms with van der Waals surface area (Å²) in [7, 11) is -3.73. The Hall–Kier alpha value is -3.08. The molecule has 4 rings (SSSR count). The fraction of sp³-hybridized carbons (Fsp3) is 0.150. The van der Waals surface area contributed by atoms with E-state index in [-0.39, 0.29) is 29.7 Å². The summed E-state index contributed by atoms with van der Waals surface area (Å²) in [6.07, 6.45) is 0. The highest BCUT2D eigenvalue weighted by Crippen LogP contribution is 2.22. The van der Waals surface area contributed by atoms with Crippen LogP contribution in [-0.4, -0.2) is 41.4 Å². The van der Waals surface area contributed by atoms with Crippen molar-refractivity contribution >= 4 is 27.3 Å². The van der Waals surface area contributed by atoms with Crippen molar-refractivity contribution < 1.29 is 17.5 Å². The molecule has 31 heavy (non-hydrogen) atoms. The number of hydrogen-bond acceptors (Lipinski definition) is 6. The molecule has 0 spiro atoms. The maximum absolute atomic E-state index is 13.2. The zero-order valence-electron chi connectivity index (χ0n) is 16.3. The van der Waals surface area contributed by atoms with Crippen molar-refractivity contribution in [2.24, 2.45) is 0 Å². The SMILES string of the molecule is Cc1c(Cl)cccc1S(=O)(=O)NCCOc1ccc2nnc(-c3ccc(F)cc3)n2n1. The zero-order chi connectivity index (χ0) is 22.0. The molecule has 1 N–H and O–H groups in total. The lowest BCUT2D eigenvalue weighted by molar-refractivity contribution is 0.306. The Balaban J connectivity index is 1.44. The topological polar surface area (TPSA) is 98.5 Å². The van der Waals surface area contributed by atoms with Gasteiger partial charge in [0.25, 0.3) is 0 Å². The smallest absolute Gasteiger partial charge is 0.240 e. The maximum atomic E-state index is 13.2. The zero-order valence-corrected chi connectivity index (χ0v) is 17.9. The Kier molecular flexibility index (Phi) is 5.86. The molecule has 0 fully saturated rings. The summed E-state index contributed by atoms with van der Waals surface area (Å²) in [6, 6.07) is 13.8.